The average Bonchev–Trinajstić information content (AvgIpc) is 3.11. The van der Waals surface area contributed by atoms with Crippen molar-refractivity contribution in [3.05, 3.63) is 76.2 Å². The van der Waals surface area contributed by atoms with Crippen LogP contribution >= 0.6 is 11.8 Å². The number of nitrogens with zero attached hydrogens (tertiary/aromatic N) is 3. The van der Waals surface area contributed by atoms with Gasteiger partial charge in [-0.1, -0.05) is 59.8 Å². The average molecular weight is 461 g/mol. The van der Waals surface area contributed by atoms with Crippen molar-refractivity contribution in [1.82, 2.24) is 14.1 Å². The number of anilines is 1. The molecule has 0 aliphatic heterocycles. The zero-order valence-electron chi connectivity index (χ0n) is 19.5. The number of hydrogen-bond acceptors (Lipinski definition) is 4. The lowest BCUT2D eigenvalue weighted by Crippen LogP contribution is -2.26. The molecule has 170 valence electrons. The van der Waals surface area contributed by atoms with Gasteiger partial charge in [-0.15, -0.1) is 0 Å². The van der Waals surface area contributed by atoms with Crippen LogP contribution in [0.2, 0.25) is 0 Å². The van der Waals surface area contributed by atoms with Crippen LogP contribution in [0, 0.1) is 13.8 Å². The zero-order valence-corrected chi connectivity index (χ0v) is 20.4. The molecule has 0 aliphatic carbocycles. The van der Waals surface area contributed by atoms with Crippen LogP contribution < -0.4 is 10.9 Å². The van der Waals surface area contributed by atoms with E-state index < -0.39 is 0 Å². The SMILES string of the molecule is Cc1ccc(NC(=O)CSc2nc3c(-c4ccccc4)cn(C)c3c(=O)n2C(C)C)c(C)c1. The van der Waals surface area contributed by atoms with Crippen LogP contribution in [0.5, 0.6) is 0 Å². The highest BCUT2D eigenvalue weighted by Crippen LogP contribution is 2.30. The predicted octanol–water partition coefficient (Wildman–Crippen LogP) is 5.33. The van der Waals surface area contributed by atoms with Crippen LogP contribution in [-0.4, -0.2) is 25.8 Å². The van der Waals surface area contributed by atoms with Gasteiger partial charge in [-0.25, -0.2) is 4.98 Å². The van der Waals surface area contributed by atoms with E-state index in [1.807, 2.05) is 94.0 Å². The minimum absolute atomic E-state index is 0.0885. The number of amides is 1. The van der Waals surface area contributed by atoms with Crippen molar-refractivity contribution in [3.63, 3.8) is 0 Å². The molecule has 0 unspecified atom stereocenters. The van der Waals surface area contributed by atoms with Crippen LogP contribution in [0.3, 0.4) is 0 Å². The maximum Gasteiger partial charge on any atom is 0.278 e. The van der Waals surface area contributed by atoms with Gasteiger partial charge in [0, 0.05) is 30.5 Å². The van der Waals surface area contributed by atoms with Crippen molar-refractivity contribution in [2.24, 2.45) is 7.05 Å². The van der Waals surface area contributed by atoms with Crippen molar-refractivity contribution in [3.8, 4) is 11.1 Å². The highest BCUT2D eigenvalue weighted by Gasteiger charge is 2.20. The van der Waals surface area contributed by atoms with E-state index in [9.17, 15) is 9.59 Å². The summed E-state index contributed by atoms with van der Waals surface area (Å²) in [7, 11) is 1.87. The molecule has 0 aliphatic rings. The predicted molar refractivity (Wildman–Crippen MR) is 136 cm³/mol. The second kappa shape index (κ2) is 9.27. The monoisotopic (exact) mass is 460 g/mol. The molecule has 0 radical (unpaired) electrons. The number of rotatable bonds is 6. The van der Waals surface area contributed by atoms with Gasteiger partial charge in [0.15, 0.2) is 5.16 Å². The highest BCUT2D eigenvalue weighted by atomic mass is 32.2. The Labute approximate surface area is 197 Å². The van der Waals surface area contributed by atoms with E-state index in [2.05, 4.69) is 5.32 Å². The number of carbonyl (C=O) groups is 1. The number of fused-ring (bicyclic) bond motifs is 1. The first-order valence-corrected chi connectivity index (χ1v) is 11.9. The van der Waals surface area contributed by atoms with Gasteiger partial charge in [0.2, 0.25) is 5.91 Å². The molecule has 0 saturated heterocycles. The van der Waals surface area contributed by atoms with Crippen molar-refractivity contribution in [2.75, 3.05) is 11.1 Å². The number of benzene rings is 2. The summed E-state index contributed by atoms with van der Waals surface area (Å²) in [5.74, 6) is 0.0267. The Balaban J connectivity index is 1.69. The second-order valence-corrected chi connectivity index (χ2v) is 9.48. The van der Waals surface area contributed by atoms with Gasteiger partial charge in [0.1, 0.15) is 11.0 Å². The van der Waals surface area contributed by atoms with Crippen LogP contribution in [0.15, 0.2) is 64.7 Å². The Hall–Kier alpha value is -3.32. The Morgan fingerprint density at radius 3 is 2.52 bits per heavy atom. The molecule has 0 fully saturated rings. The van der Waals surface area contributed by atoms with Gasteiger partial charge in [-0.05, 0) is 44.9 Å². The zero-order chi connectivity index (χ0) is 23.7. The van der Waals surface area contributed by atoms with Gasteiger partial charge >= 0.3 is 0 Å². The van der Waals surface area contributed by atoms with E-state index >= 15 is 0 Å². The molecular formula is C26H28N4O2S. The van der Waals surface area contributed by atoms with Crippen molar-refractivity contribution in [2.45, 2.75) is 38.9 Å². The minimum atomic E-state index is -0.132. The molecule has 7 heteroatoms. The Morgan fingerprint density at radius 1 is 1.12 bits per heavy atom. The van der Waals surface area contributed by atoms with Gasteiger partial charge < -0.3 is 9.88 Å². The quantitative estimate of drug-likeness (QED) is 0.312. The molecule has 6 nitrogen and oxygen atoms in total. The number of nitrogens with one attached hydrogen (secondary N) is 1. The van der Waals surface area contributed by atoms with E-state index in [4.69, 9.17) is 4.98 Å². The second-order valence-electron chi connectivity index (χ2n) is 8.54. The van der Waals surface area contributed by atoms with Crippen LogP contribution in [-0.2, 0) is 11.8 Å². The molecule has 0 atom stereocenters. The number of aryl methyl sites for hydroxylation is 3. The number of carbonyl (C=O) groups excluding carboxylic acids is 1. The maximum absolute atomic E-state index is 13.5. The van der Waals surface area contributed by atoms with E-state index in [1.165, 1.54) is 11.8 Å². The van der Waals surface area contributed by atoms with E-state index in [0.29, 0.717) is 16.2 Å². The fourth-order valence-electron chi connectivity index (χ4n) is 3.99. The molecule has 4 aromatic rings. The largest absolute Gasteiger partial charge is 0.344 e. The molecule has 2 heterocycles. The molecule has 1 N–H and O–H groups in total. The third-order valence-electron chi connectivity index (χ3n) is 5.58. The van der Waals surface area contributed by atoms with Crippen molar-refractivity contribution < 1.29 is 4.79 Å². The summed E-state index contributed by atoms with van der Waals surface area (Å²) in [6.45, 7) is 7.91. The van der Waals surface area contributed by atoms with Gasteiger partial charge in [0.05, 0.1) is 5.75 Å². The van der Waals surface area contributed by atoms with E-state index in [-0.39, 0.29) is 23.3 Å². The van der Waals surface area contributed by atoms with E-state index in [1.54, 1.807) is 4.57 Å². The number of thioether (sulfide) groups is 1. The van der Waals surface area contributed by atoms with Crippen LogP contribution in [0.1, 0.15) is 31.0 Å². The first-order chi connectivity index (χ1) is 15.8. The molecule has 0 bridgehead atoms. The van der Waals surface area contributed by atoms with Gasteiger partial charge in [0.25, 0.3) is 5.56 Å². The summed E-state index contributed by atoms with van der Waals surface area (Å²) in [6, 6.07) is 15.8. The third kappa shape index (κ3) is 4.59. The fourth-order valence-corrected chi connectivity index (χ4v) is 4.91. The molecule has 0 spiro atoms. The lowest BCUT2D eigenvalue weighted by Gasteiger charge is -2.16. The Kier molecular flexibility index (Phi) is 6.42. The summed E-state index contributed by atoms with van der Waals surface area (Å²) >= 11 is 1.28. The molecule has 2 aromatic heterocycles. The lowest BCUT2D eigenvalue weighted by molar-refractivity contribution is -0.113. The first kappa shape index (κ1) is 22.9. The summed E-state index contributed by atoms with van der Waals surface area (Å²) in [5.41, 5.74) is 5.99. The molecule has 1 amide bonds. The normalized spacial score (nSPS) is 11.3. The molecule has 33 heavy (non-hydrogen) atoms. The smallest absolute Gasteiger partial charge is 0.278 e. The molecule has 0 saturated carbocycles. The standard InChI is InChI=1S/C26H28N4O2S/c1-16(2)30-25(32)24-23(20(14-29(24)5)19-9-7-6-8-10-19)28-26(30)33-15-22(31)27-21-12-11-17(3)13-18(21)4/h6-14,16H,15H2,1-5H3,(H,27,31). The maximum atomic E-state index is 13.5. The fraction of sp³-hybridized carbons (Fsp3) is 0.269. The Morgan fingerprint density at radius 2 is 1.85 bits per heavy atom. The van der Waals surface area contributed by atoms with Crippen LogP contribution in [0.4, 0.5) is 5.69 Å². The summed E-state index contributed by atoms with van der Waals surface area (Å²) in [5, 5.41) is 3.51. The first-order valence-electron chi connectivity index (χ1n) is 10.9. The lowest BCUT2D eigenvalue weighted by atomic mass is 10.1. The molecular weight excluding hydrogens is 432 g/mol. The number of aromatic nitrogens is 3. The van der Waals surface area contributed by atoms with Crippen LogP contribution in [0.25, 0.3) is 22.2 Å². The Bertz CT molecular complexity index is 1390. The van der Waals surface area contributed by atoms with Crippen molar-refractivity contribution in [1.29, 1.82) is 0 Å². The highest BCUT2D eigenvalue weighted by molar-refractivity contribution is 7.99. The van der Waals surface area contributed by atoms with E-state index in [0.717, 1.165) is 27.9 Å². The molecule has 2 aromatic carbocycles. The topological polar surface area (TPSA) is 68.9 Å². The number of hydrogen-bond donors (Lipinski definition) is 1. The molecule has 4 rings (SSSR count). The van der Waals surface area contributed by atoms with Gasteiger partial charge in [-0.2, -0.15) is 0 Å². The summed E-state index contributed by atoms with van der Waals surface area (Å²) < 4.78 is 3.51. The van der Waals surface area contributed by atoms with Gasteiger partial charge in [-0.3, -0.25) is 14.2 Å². The summed E-state index contributed by atoms with van der Waals surface area (Å²) in [6.07, 6.45) is 1.94. The summed E-state index contributed by atoms with van der Waals surface area (Å²) in [4.78, 5) is 31.0. The van der Waals surface area contributed by atoms with Crippen molar-refractivity contribution >= 4 is 34.4 Å². The minimum Gasteiger partial charge on any atom is -0.344 e. The third-order valence-corrected chi connectivity index (χ3v) is 6.53.